The summed E-state index contributed by atoms with van der Waals surface area (Å²) in [4.78, 5) is 0. The Hall–Kier alpha value is -0.860. The Labute approximate surface area is 142 Å². The lowest BCUT2D eigenvalue weighted by Gasteiger charge is -2.64. The summed E-state index contributed by atoms with van der Waals surface area (Å²) < 4.78 is 0. The van der Waals surface area contributed by atoms with E-state index in [1.807, 2.05) is 25.1 Å². The predicted octanol–water partition coefficient (Wildman–Crippen LogP) is 4.27. The molecule has 4 bridgehead atoms. The summed E-state index contributed by atoms with van der Waals surface area (Å²) >= 11 is 0. The summed E-state index contributed by atoms with van der Waals surface area (Å²) in [6, 6.07) is 10.6. The molecule has 2 heteroatoms. The highest BCUT2D eigenvalue weighted by molar-refractivity contribution is 5.15. The Bertz CT molecular complexity index is 485. The molecule has 4 aliphatic carbocycles. The van der Waals surface area contributed by atoms with Crippen LogP contribution in [0, 0.1) is 16.7 Å². The molecule has 0 aliphatic heterocycles. The molecule has 5 rings (SSSR count). The first-order valence-electron chi connectivity index (χ1n) is 9.28. The van der Waals surface area contributed by atoms with Crippen molar-refractivity contribution in [1.29, 1.82) is 0 Å². The molecule has 0 spiro atoms. The Morgan fingerprint density at radius 3 is 2.00 bits per heavy atom. The monoisotopic (exact) mass is 314 g/mol. The van der Waals surface area contributed by atoms with Gasteiger partial charge in [-0.2, -0.15) is 0 Å². The van der Waals surface area contributed by atoms with Crippen molar-refractivity contribution < 1.29 is 0 Å². The van der Waals surface area contributed by atoms with Crippen LogP contribution in [0.5, 0.6) is 0 Å². The molecule has 3 unspecified atom stereocenters. The van der Waals surface area contributed by atoms with Gasteiger partial charge in [0.25, 0.3) is 0 Å². The van der Waals surface area contributed by atoms with Crippen molar-refractivity contribution in [3.8, 4) is 0 Å². The maximum absolute atomic E-state index is 6.49. The van der Waals surface area contributed by atoms with Crippen LogP contribution in [-0.4, -0.2) is 11.6 Å². The molecule has 2 nitrogen and oxygen atoms in total. The largest absolute Gasteiger partial charge is 0.328 e. The van der Waals surface area contributed by atoms with Crippen molar-refractivity contribution in [3.05, 3.63) is 35.9 Å². The van der Waals surface area contributed by atoms with Crippen LogP contribution in [0.3, 0.4) is 0 Å². The first kappa shape index (κ1) is 17.0. The van der Waals surface area contributed by atoms with E-state index in [9.17, 15) is 0 Å². The van der Waals surface area contributed by atoms with Gasteiger partial charge in [0.1, 0.15) is 0 Å². The van der Waals surface area contributed by atoms with E-state index in [0.29, 0.717) is 10.8 Å². The van der Waals surface area contributed by atoms with E-state index >= 15 is 0 Å². The summed E-state index contributed by atoms with van der Waals surface area (Å²) in [5, 5.41) is 0. The van der Waals surface area contributed by atoms with Crippen molar-refractivity contribution in [2.24, 2.45) is 28.2 Å². The highest BCUT2D eigenvalue weighted by Gasteiger charge is 2.58. The summed E-state index contributed by atoms with van der Waals surface area (Å²) in [5.41, 5.74) is 14.9. The number of rotatable bonds is 2. The number of benzene rings is 1. The van der Waals surface area contributed by atoms with Crippen LogP contribution in [0.1, 0.15) is 64.9 Å². The van der Waals surface area contributed by atoms with Crippen molar-refractivity contribution in [2.45, 2.75) is 77.3 Å². The molecule has 0 aromatic heterocycles. The van der Waals surface area contributed by atoms with Gasteiger partial charge < -0.3 is 11.5 Å². The second-order valence-corrected chi connectivity index (χ2v) is 9.66. The van der Waals surface area contributed by atoms with E-state index in [0.717, 1.165) is 12.3 Å². The molecule has 1 aromatic rings. The van der Waals surface area contributed by atoms with Crippen LogP contribution in [0.2, 0.25) is 0 Å². The fourth-order valence-corrected chi connectivity index (χ4v) is 6.52. The average Bonchev–Trinajstić information content (AvgIpc) is 2.33. The lowest BCUT2D eigenvalue weighted by Crippen LogP contribution is -2.62. The van der Waals surface area contributed by atoms with Crippen LogP contribution >= 0.6 is 0 Å². The Balaban J connectivity index is 0.000000142. The van der Waals surface area contributed by atoms with Gasteiger partial charge in [-0.1, -0.05) is 44.2 Å². The standard InChI is InChI=1S/C12H21N.C9H13N/c1-10-3-9-4-11(2,6-10)8-12(13,5-9)7-10;1-8(10)7-9-5-3-2-4-6-9/h9H,3-8,13H2,1-2H3;2-6,8H,7,10H2,1H3. The van der Waals surface area contributed by atoms with Crippen LogP contribution in [0.25, 0.3) is 0 Å². The Kier molecular flexibility index (Phi) is 4.35. The molecule has 3 atom stereocenters. The molecule has 0 saturated heterocycles. The second kappa shape index (κ2) is 5.89. The fourth-order valence-electron chi connectivity index (χ4n) is 6.52. The number of nitrogens with two attached hydrogens (primary N) is 2. The quantitative estimate of drug-likeness (QED) is 0.856. The molecule has 4 N–H and O–H groups in total. The molecule has 4 fully saturated rings. The molecule has 0 heterocycles. The van der Waals surface area contributed by atoms with E-state index in [2.05, 4.69) is 26.0 Å². The van der Waals surface area contributed by atoms with E-state index in [4.69, 9.17) is 11.5 Å². The molecule has 1 aromatic carbocycles. The molecule has 4 saturated carbocycles. The Morgan fingerprint density at radius 1 is 1.00 bits per heavy atom. The number of hydrogen-bond donors (Lipinski definition) is 2. The van der Waals surface area contributed by atoms with Crippen LogP contribution in [-0.2, 0) is 6.42 Å². The van der Waals surface area contributed by atoms with Crippen LogP contribution < -0.4 is 11.5 Å². The first-order chi connectivity index (χ1) is 10.7. The minimum Gasteiger partial charge on any atom is -0.328 e. The molecule has 0 amide bonds. The highest BCUT2D eigenvalue weighted by atomic mass is 14.8. The zero-order chi connectivity index (χ0) is 16.7. The Morgan fingerprint density at radius 2 is 1.57 bits per heavy atom. The van der Waals surface area contributed by atoms with Gasteiger partial charge in [-0.25, -0.2) is 0 Å². The van der Waals surface area contributed by atoms with E-state index in [1.165, 1.54) is 44.1 Å². The molecule has 4 aliphatic rings. The molecule has 0 radical (unpaired) electrons. The smallest absolute Gasteiger partial charge is 0.0167 e. The van der Waals surface area contributed by atoms with E-state index in [1.54, 1.807) is 0 Å². The summed E-state index contributed by atoms with van der Waals surface area (Å²) in [5.74, 6) is 0.955. The SMILES string of the molecule is CC(N)Cc1ccccc1.CC12CC3CC(C)(C1)CC(N)(C3)C2. The minimum atomic E-state index is 0.225. The van der Waals surface area contributed by atoms with Crippen molar-refractivity contribution >= 4 is 0 Å². The third kappa shape index (κ3) is 3.97. The van der Waals surface area contributed by atoms with Crippen molar-refractivity contribution in [3.63, 3.8) is 0 Å². The van der Waals surface area contributed by atoms with Gasteiger partial charge in [0, 0.05) is 11.6 Å². The number of hydrogen-bond acceptors (Lipinski definition) is 2. The highest BCUT2D eigenvalue weighted by Crippen LogP contribution is 2.65. The van der Waals surface area contributed by atoms with Crippen LogP contribution in [0.15, 0.2) is 30.3 Å². The topological polar surface area (TPSA) is 52.0 Å². The molecular formula is C21H34N2. The minimum absolute atomic E-state index is 0.225. The lowest BCUT2D eigenvalue weighted by molar-refractivity contribution is -0.104. The zero-order valence-electron chi connectivity index (χ0n) is 15.1. The van der Waals surface area contributed by atoms with Gasteiger partial charge in [0.05, 0.1) is 0 Å². The summed E-state index contributed by atoms with van der Waals surface area (Å²) in [6.45, 7) is 6.96. The van der Waals surface area contributed by atoms with E-state index in [-0.39, 0.29) is 11.6 Å². The van der Waals surface area contributed by atoms with Gasteiger partial charge in [-0.05, 0) is 74.2 Å². The molecular weight excluding hydrogens is 280 g/mol. The maximum atomic E-state index is 6.49. The summed E-state index contributed by atoms with van der Waals surface area (Å²) in [7, 11) is 0. The molecule has 23 heavy (non-hydrogen) atoms. The fraction of sp³-hybridized carbons (Fsp3) is 0.714. The van der Waals surface area contributed by atoms with Crippen molar-refractivity contribution in [2.75, 3.05) is 0 Å². The van der Waals surface area contributed by atoms with Gasteiger partial charge in [0.2, 0.25) is 0 Å². The first-order valence-corrected chi connectivity index (χ1v) is 9.28. The summed E-state index contributed by atoms with van der Waals surface area (Å²) in [6.07, 6.45) is 9.25. The third-order valence-corrected chi connectivity index (χ3v) is 6.07. The third-order valence-electron chi connectivity index (χ3n) is 6.07. The van der Waals surface area contributed by atoms with Crippen LogP contribution in [0.4, 0.5) is 0 Å². The van der Waals surface area contributed by atoms with Gasteiger partial charge in [0.15, 0.2) is 0 Å². The molecule has 128 valence electrons. The predicted molar refractivity (Wildman–Crippen MR) is 98.1 cm³/mol. The van der Waals surface area contributed by atoms with Gasteiger partial charge >= 0.3 is 0 Å². The average molecular weight is 315 g/mol. The van der Waals surface area contributed by atoms with Gasteiger partial charge in [-0.3, -0.25) is 0 Å². The maximum Gasteiger partial charge on any atom is 0.0167 e. The second-order valence-electron chi connectivity index (χ2n) is 9.66. The van der Waals surface area contributed by atoms with Gasteiger partial charge in [-0.15, -0.1) is 0 Å². The normalized spacial score (nSPS) is 42.0. The zero-order valence-corrected chi connectivity index (χ0v) is 15.1. The lowest BCUT2D eigenvalue weighted by atomic mass is 9.43. The van der Waals surface area contributed by atoms with E-state index < -0.39 is 0 Å². The van der Waals surface area contributed by atoms with Crippen molar-refractivity contribution in [1.82, 2.24) is 0 Å².